The molecule has 2 aliphatic rings. The Kier molecular flexibility index (Phi) is 4.11. The molecular formula is C16H20FN3O2. The smallest absolute Gasteiger partial charge is 0.249 e. The van der Waals surface area contributed by atoms with E-state index in [0.29, 0.717) is 19.0 Å². The third kappa shape index (κ3) is 2.97. The summed E-state index contributed by atoms with van der Waals surface area (Å²) in [4.78, 5) is 27.5. The third-order valence-electron chi connectivity index (χ3n) is 4.30. The van der Waals surface area contributed by atoms with E-state index in [2.05, 4.69) is 5.32 Å². The fourth-order valence-electron chi connectivity index (χ4n) is 2.75. The van der Waals surface area contributed by atoms with Gasteiger partial charge in [-0.25, -0.2) is 4.39 Å². The number of nitrogens with one attached hydrogen (secondary N) is 1. The van der Waals surface area contributed by atoms with Gasteiger partial charge in [-0.3, -0.25) is 9.59 Å². The quantitative estimate of drug-likeness (QED) is 0.887. The van der Waals surface area contributed by atoms with E-state index in [1.54, 1.807) is 25.2 Å². The lowest BCUT2D eigenvalue weighted by Crippen LogP contribution is -2.46. The van der Waals surface area contributed by atoms with Crippen molar-refractivity contribution in [2.24, 2.45) is 0 Å². The summed E-state index contributed by atoms with van der Waals surface area (Å²) in [5.41, 5.74) is 0.284. The molecule has 1 aliphatic heterocycles. The molecule has 0 aromatic heterocycles. The molecule has 3 rings (SSSR count). The number of hydrogen-bond donors (Lipinski definition) is 1. The van der Waals surface area contributed by atoms with Crippen molar-refractivity contribution in [3.63, 3.8) is 0 Å². The second kappa shape index (κ2) is 6.04. The van der Waals surface area contributed by atoms with Crippen LogP contribution in [0.5, 0.6) is 0 Å². The molecule has 1 heterocycles. The maximum Gasteiger partial charge on any atom is 0.249 e. The van der Waals surface area contributed by atoms with Gasteiger partial charge in [0.05, 0.1) is 12.2 Å². The van der Waals surface area contributed by atoms with Crippen LogP contribution in [0.3, 0.4) is 0 Å². The molecule has 22 heavy (non-hydrogen) atoms. The first-order valence-electron chi connectivity index (χ1n) is 7.63. The molecular weight excluding hydrogens is 285 g/mol. The SMILES string of the molecule is CN(C(=O)CNC1CC1)[C@H]1CCN(c2ccccc2F)C1=O. The largest absolute Gasteiger partial charge is 0.333 e. The number of carbonyl (C=O) groups is 2. The van der Waals surface area contributed by atoms with Crippen LogP contribution in [0.15, 0.2) is 24.3 Å². The number of nitrogens with zero attached hydrogens (tertiary/aromatic N) is 2. The van der Waals surface area contributed by atoms with Gasteiger partial charge in [0.1, 0.15) is 11.9 Å². The lowest BCUT2D eigenvalue weighted by atomic mass is 10.2. The van der Waals surface area contributed by atoms with Gasteiger partial charge in [0.15, 0.2) is 0 Å². The standard InChI is InChI=1S/C16H20FN3O2/c1-19(15(21)10-18-11-6-7-11)14-8-9-20(16(14)22)13-5-3-2-4-12(13)17/h2-5,11,14,18H,6-10H2,1H3/t14-/m0/s1. The van der Waals surface area contributed by atoms with Crippen LogP contribution in [-0.4, -0.2) is 48.9 Å². The van der Waals surface area contributed by atoms with Crippen molar-refractivity contribution in [1.29, 1.82) is 0 Å². The Balaban J connectivity index is 1.65. The second-order valence-corrected chi connectivity index (χ2v) is 5.91. The highest BCUT2D eigenvalue weighted by molar-refractivity contribution is 6.01. The van der Waals surface area contributed by atoms with E-state index in [1.165, 1.54) is 15.9 Å². The van der Waals surface area contributed by atoms with Crippen LogP contribution in [0.25, 0.3) is 0 Å². The number of likely N-dealkylation sites (N-methyl/N-ethyl adjacent to an activating group) is 1. The van der Waals surface area contributed by atoms with Crippen molar-refractivity contribution >= 4 is 17.5 Å². The van der Waals surface area contributed by atoms with Gasteiger partial charge < -0.3 is 15.1 Å². The maximum absolute atomic E-state index is 13.8. The normalized spacial score (nSPS) is 21.3. The first-order chi connectivity index (χ1) is 10.6. The lowest BCUT2D eigenvalue weighted by Gasteiger charge is -2.24. The van der Waals surface area contributed by atoms with Crippen LogP contribution in [0, 0.1) is 5.82 Å². The van der Waals surface area contributed by atoms with Gasteiger partial charge >= 0.3 is 0 Å². The Labute approximate surface area is 129 Å². The van der Waals surface area contributed by atoms with Gasteiger partial charge in [-0.1, -0.05) is 12.1 Å². The lowest BCUT2D eigenvalue weighted by molar-refractivity contribution is -0.136. The number of amides is 2. The summed E-state index contributed by atoms with van der Waals surface area (Å²) >= 11 is 0. The van der Waals surface area contributed by atoms with Crippen molar-refractivity contribution in [2.45, 2.75) is 31.3 Å². The number of benzene rings is 1. The first-order valence-corrected chi connectivity index (χ1v) is 7.63. The Bertz CT molecular complexity index is 589. The third-order valence-corrected chi connectivity index (χ3v) is 4.30. The summed E-state index contributed by atoms with van der Waals surface area (Å²) in [6, 6.07) is 6.17. The zero-order chi connectivity index (χ0) is 15.7. The van der Waals surface area contributed by atoms with Crippen LogP contribution >= 0.6 is 0 Å². The molecule has 1 aliphatic carbocycles. The molecule has 2 fully saturated rings. The minimum Gasteiger partial charge on any atom is -0.333 e. The molecule has 1 saturated heterocycles. The zero-order valence-electron chi connectivity index (χ0n) is 12.6. The van der Waals surface area contributed by atoms with E-state index in [-0.39, 0.29) is 24.0 Å². The molecule has 2 amide bonds. The molecule has 0 radical (unpaired) electrons. The zero-order valence-corrected chi connectivity index (χ0v) is 12.6. The summed E-state index contributed by atoms with van der Waals surface area (Å²) in [5, 5.41) is 3.15. The van der Waals surface area contributed by atoms with Gasteiger partial charge in [0, 0.05) is 19.6 Å². The molecule has 5 nitrogen and oxygen atoms in total. The van der Waals surface area contributed by atoms with Crippen molar-refractivity contribution in [1.82, 2.24) is 10.2 Å². The van der Waals surface area contributed by atoms with E-state index in [1.807, 2.05) is 0 Å². The van der Waals surface area contributed by atoms with Gasteiger partial charge in [-0.15, -0.1) is 0 Å². The topological polar surface area (TPSA) is 52.7 Å². The highest BCUT2D eigenvalue weighted by atomic mass is 19.1. The fraction of sp³-hybridized carbons (Fsp3) is 0.500. The molecule has 0 bridgehead atoms. The number of hydrogen-bond acceptors (Lipinski definition) is 3. The predicted molar refractivity (Wildman–Crippen MR) is 81.0 cm³/mol. The molecule has 1 aromatic carbocycles. The Morgan fingerprint density at radius 1 is 1.36 bits per heavy atom. The van der Waals surface area contributed by atoms with Crippen LogP contribution in [0.4, 0.5) is 10.1 Å². The monoisotopic (exact) mass is 305 g/mol. The number of halogens is 1. The van der Waals surface area contributed by atoms with Crippen molar-refractivity contribution in [2.75, 3.05) is 25.0 Å². The van der Waals surface area contributed by atoms with Gasteiger partial charge in [-0.05, 0) is 31.4 Å². The Hall–Kier alpha value is -1.95. The summed E-state index contributed by atoms with van der Waals surface area (Å²) in [5.74, 6) is -0.728. The number of carbonyl (C=O) groups excluding carboxylic acids is 2. The molecule has 0 spiro atoms. The van der Waals surface area contributed by atoms with E-state index < -0.39 is 11.9 Å². The minimum atomic E-state index is -0.506. The van der Waals surface area contributed by atoms with Gasteiger partial charge in [0.2, 0.25) is 11.8 Å². The van der Waals surface area contributed by atoms with E-state index in [4.69, 9.17) is 0 Å². The van der Waals surface area contributed by atoms with Crippen LogP contribution in [0.1, 0.15) is 19.3 Å². The van der Waals surface area contributed by atoms with E-state index in [0.717, 1.165) is 12.8 Å². The summed E-state index contributed by atoms with van der Waals surface area (Å²) < 4.78 is 13.8. The molecule has 1 aromatic rings. The van der Waals surface area contributed by atoms with Crippen molar-refractivity contribution < 1.29 is 14.0 Å². The molecule has 1 saturated carbocycles. The fourth-order valence-corrected chi connectivity index (χ4v) is 2.75. The number of anilines is 1. The maximum atomic E-state index is 13.8. The van der Waals surface area contributed by atoms with Crippen molar-refractivity contribution in [3.8, 4) is 0 Å². The summed E-state index contributed by atoms with van der Waals surface area (Å²) in [6.07, 6.45) is 2.75. The van der Waals surface area contributed by atoms with Gasteiger partial charge in [0.25, 0.3) is 0 Å². The van der Waals surface area contributed by atoms with Crippen LogP contribution < -0.4 is 10.2 Å². The number of para-hydroxylation sites is 1. The molecule has 0 unspecified atom stereocenters. The Morgan fingerprint density at radius 2 is 2.09 bits per heavy atom. The first kappa shape index (κ1) is 15.0. The van der Waals surface area contributed by atoms with E-state index in [9.17, 15) is 14.0 Å². The summed E-state index contributed by atoms with van der Waals surface area (Å²) in [6.45, 7) is 0.683. The summed E-state index contributed by atoms with van der Waals surface area (Å²) in [7, 11) is 1.64. The second-order valence-electron chi connectivity index (χ2n) is 5.91. The minimum absolute atomic E-state index is 0.0966. The van der Waals surface area contributed by atoms with Crippen molar-refractivity contribution in [3.05, 3.63) is 30.1 Å². The average Bonchev–Trinajstić information content (AvgIpc) is 3.27. The van der Waals surface area contributed by atoms with E-state index >= 15 is 0 Å². The Morgan fingerprint density at radius 3 is 2.77 bits per heavy atom. The highest BCUT2D eigenvalue weighted by Crippen LogP contribution is 2.26. The van der Waals surface area contributed by atoms with Gasteiger partial charge in [-0.2, -0.15) is 0 Å². The molecule has 6 heteroatoms. The molecule has 118 valence electrons. The van der Waals surface area contributed by atoms with Crippen LogP contribution in [-0.2, 0) is 9.59 Å². The van der Waals surface area contributed by atoms with Crippen LogP contribution in [0.2, 0.25) is 0 Å². The number of rotatable bonds is 5. The highest BCUT2D eigenvalue weighted by Gasteiger charge is 2.38. The predicted octanol–water partition coefficient (Wildman–Crippen LogP) is 1.14. The molecule has 1 atom stereocenters. The molecule has 1 N–H and O–H groups in total. The average molecular weight is 305 g/mol.